The van der Waals surface area contributed by atoms with Crippen LogP contribution in [0.4, 0.5) is 0 Å². The summed E-state index contributed by atoms with van der Waals surface area (Å²) in [6.07, 6.45) is 9.24. The highest BCUT2D eigenvalue weighted by Gasteiger charge is 2.36. The molecule has 0 aromatic carbocycles. The molecule has 2 nitrogen and oxygen atoms in total. The van der Waals surface area contributed by atoms with Crippen molar-refractivity contribution in [3.05, 3.63) is 23.0 Å². The van der Waals surface area contributed by atoms with Crippen molar-refractivity contribution in [3.8, 4) is 0 Å². The van der Waals surface area contributed by atoms with Gasteiger partial charge in [-0.25, -0.2) is 0 Å². The van der Waals surface area contributed by atoms with Gasteiger partial charge in [0.05, 0.1) is 6.10 Å². The Morgan fingerprint density at radius 3 is 2.52 bits per heavy atom. The highest BCUT2D eigenvalue weighted by molar-refractivity contribution is 7.99. The number of thioether (sulfide) groups is 1. The standard InChI is InChI=1S/C18H29NOS/c1-12-9-15-16(10-18(2,3)11-17(15)20)19(12)13-5-7-14(21-4)8-6-13/h9,13-14,17,20H,5-8,10-11H2,1-4H3. The highest BCUT2D eigenvalue weighted by atomic mass is 32.2. The van der Waals surface area contributed by atoms with Crippen LogP contribution in [0.5, 0.6) is 0 Å². The molecule has 1 N–H and O–H groups in total. The lowest BCUT2D eigenvalue weighted by Gasteiger charge is -2.37. The summed E-state index contributed by atoms with van der Waals surface area (Å²) in [4.78, 5) is 0. The van der Waals surface area contributed by atoms with Crippen molar-refractivity contribution in [1.82, 2.24) is 4.57 Å². The van der Waals surface area contributed by atoms with Crippen LogP contribution in [0.2, 0.25) is 0 Å². The second kappa shape index (κ2) is 5.66. The van der Waals surface area contributed by atoms with Gasteiger partial charge in [-0.1, -0.05) is 13.8 Å². The molecule has 0 aliphatic heterocycles. The zero-order valence-corrected chi connectivity index (χ0v) is 14.7. The highest BCUT2D eigenvalue weighted by Crippen LogP contribution is 2.44. The van der Waals surface area contributed by atoms with Crippen LogP contribution in [0, 0.1) is 12.3 Å². The number of aliphatic hydroxyl groups is 1. The van der Waals surface area contributed by atoms with Gasteiger partial charge in [0.1, 0.15) is 0 Å². The van der Waals surface area contributed by atoms with Crippen LogP contribution in [-0.4, -0.2) is 21.2 Å². The average molecular weight is 308 g/mol. The predicted molar refractivity (Wildman–Crippen MR) is 91.0 cm³/mol. The number of aryl methyl sites for hydroxylation is 1. The van der Waals surface area contributed by atoms with Crippen LogP contribution in [-0.2, 0) is 6.42 Å². The van der Waals surface area contributed by atoms with Gasteiger partial charge in [-0.15, -0.1) is 0 Å². The van der Waals surface area contributed by atoms with E-state index in [-0.39, 0.29) is 11.5 Å². The fourth-order valence-corrected chi connectivity index (χ4v) is 5.16. The minimum absolute atomic E-state index is 0.214. The minimum Gasteiger partial charge on any atom is -0.388 e. The molecule has 0 amide bonds. The molecule has 2 aliphatic rings. The van der Waals surface area contributed by atoms with Crippen LogP contribution < -0.4 is 0 Å². The van der Waals surface area contributed by atoms with Gasteiger partial charge in [-0.3, -0.25) is 0 Å². The van der Waals surface area contributed by atoms with E-state index in [4.69, 9.17) is 0 Å². The van der Waals surface area contributed by atoms with Gasteiger partial charge in [0, 0.05) is 28.2 Å². The molecule has 0 bridgehead atoms. The second-order valence-electron chi connectivity index (χ2n) is 7.78. The summed E-state index contributed by atoms with van der Waals surface area (Å²) in [6.45, 7) is 6.80. The maximum atomic E-state index is 10.5. The Morgan fingerprint density at radius 2 is 1.90 bits per heavy atom. The molecule has 0 spiro atoms. The topological polar surface area (TPSA) is 25.2 Å². The van der Waals surface area contributed by atoms with Gasteiger partial charge in [0.25, 0.3) is 0 Å². The molecule has 1 aromatic heterocycles. The fraction of sp³-hybridized carbons (Fsp3) is 0.778. The van der Waals surface area contributed by atoms with Crippen molar-refractivity contribution in [3.63, 3.8) is 0 Å². The first kappa shape index (κ1) is 15.5. The first-order valence-electron chi connectivity index (χ1n) is 8.33. The SMILES string of the molecule is CSC1CCC(n2c(C)cc3c2CC(C)(C)CC3O)CC1. The molecule has 1 aromatic rings. The van der Waals surface area contributed by atoms with E-state index in [0.717, 1.165) is 18.1 Å². The summed E-state index contributed by atoms with van der Waals surface area (Å²) < 4.78 is 2.58. The molecule has 1 fully saturated rings. The van der Waals surface area contributed by atoms with E-state index in [1.165, 1.54) is 42.6 Å². The number of aliphatic hydroxyl groups excluding tert-OH is 1. The molecule has 1 heterocycles. The van der Waals surface area contributed by atoms with Crippen LogP contribution in [0.25, 0.3) is 0 Å². The number of hydrogen-bond donors (Lipinski definition) is 1. The third-order valence-electron chi connectivity index (χ3n) is 5.46. The molecular formula is C18H29NOS. The summed E-state index contributed by atoms with van der Waals surface area (Å²) in [5.41, 5.74) is 4.19. The number of aromatic nitrogens is 1. The fourth-order valence-electron chi connectivity index (χ4n) is 4.41. The molecule has 3 heteroatoms. The Bertz CT molecular complexity index is 512. The lowest BCUT2D eigenvalue weighted by Crippen LogP contribution is -2.29. The Kier molecular flexibility index (Phi) is 4.17. The molecule has 3 rings (SSSR count). The van der Waals surface area contributed by atoms with E-state index in [2.05, 4.69) is 37.7 Å². The second-order valence-corrected chi connectivity index (χ2v) is 8.92. The maximum absolute atomic E-state index is 10.5. The van der Waals surface area contributed by atoms with Crippen molar-refractivity contribution < 1.29 is 5.11 Å². The number of nitrogens with zero attached hydrogens (tertiary/aromatic N) is 1. The number of fused-ring (bicyclic) bond motifs is 1. The van der Waals surface area contributed by atoms with Crippen molar-refractivity contribution in [2.75, 3.05) is 6.26 Å². The number of rotatable bonds is 2. The molecule has 1 saturated carbocycles. The number of hydrogen-bond acceptors (Lipinski definition) is 2. The predicted octanol–water partition coefficient (Wildman–Crippen LogP) is 4.65. The Hall–Kier alpha value is -0.410. The quantitative estimate of drug-likeness (QED) is 0.860. The summed E-state index contributed by atoms with van der Waals surface area (Å²) >= 11 is 2.03. The molecule has 21 heavy (non-hydrogen) atoms. The summed E-state index contributed by atoms with van der Waals surface area (Å²) in [5.74, 6) is 0. The van der Waals surface area contributed by atoms with Crippen molar-refractivity contribution >= 4 is 11.8 Å². The Balaban J connectivity index is 1.90. The van der Waals surface area contributed by atoms with E-state index < -0.39 is 0 Å². The van der Waals surface area contributed by atoms with E-state index >= 15 is 0 Å². The van der Waals surface area contributed by atoms with Gasteiger partial charge in [-0.05, 0) is 63.2 Å². The van der Waals surface area contributed by atoms with E-state index in [1.54, 1.807) is 0 Å². The van der Waals surface area contributed by atoms with Crippen molar-refractivity contribution in [1.29, 1.82) is 0 Å². The molecular weight excluding hydrogens is 278 g/mol. The van der Waals surface area contributed by atoms with Gasteiger partial charge in [0.2, 0.25) is 0 Å². The smallest absolute Gasteiger partial charge is 0.0812 e. The van der Waals surface area contributed by atoms with Gasteiger partial charge in [0.15, 0.2) is 0 Å². The lowest BCUT2D eigenvalue weighted by atomic mass is 9.75. The third kappa shape index (κ3) is 2.92. The largest absolute Gasteiger partial charge is 0.388 e. The van der Waals surface area contributed by atoms with Crippen LogP contribution in [0.3, 0.4) is 0 Å². The minimum atomic E-state index is -0.272. The van der Waals surface area contributed by atoms with Crippen molar-refractivity contribution in [2.45, 2.75) is 76.7 Å². The monoisotopic (exact) mass is 307 g/mol. The Morgan fingerprint density at radius 1 is 1.24 bits per heavy atom. The molecule has 1 atom stereocenters. The zero-order chi connectivity index (χ0) is 15.2. The summed E-state index contributed by atoms with van der Waals surface area (Å²) in [5, 5.41) is 11.4. The summed E-state index contributed by atoms with van der Waals surface area (Å²) in [6, 6.07) is 2.90. The Labute approximate surface area is 133 Å². The molecule has 0 saturated heterocycles. The van der Waals surface area contributed by atoms with Crippen LogP contribution in [0.15, 0.2) is 6.07 Å². The molecule has 0 radical (unpaired) electrons. The van der Waals surface area contributed by atoms with Gasteiger partial charge in [-0.2, -0.15) is 11.8 Å². The van der Waals surface area contributed by atoms with Crippen LogP contribution in [0.1, 0.15) is 75.0 Å². The lowest BCUT2D eigenvalue weighted by molar-refractivity contribution is 0.0970. The van der Waals surface area contributed by atoms with Crippen molar-refractivity contribution in [2.24, 2.45) is 5.41 Å². The first-order valence-corrected chi connectivity index (χ1v) is 9.61. The van der Waals surface area contributed by atoms with E-state index in [1.807, 2.05) is 11.8 Å². The summed E-state index contributed by atoms with van der Waals surface area (Å²) in [7, 11) is 0. The maximum Gasteiger partial charge on any atom is 0.0812 e. The van der Waals surface area contributed by atoms with E-state index in [9.17, 15) is 5.11 Å². The average Bonchev–Trinajstić information content (AvgIpc) is 2.74. The first-order chi connectivity index (χ1) is 9.91. The molecule has 2 aliphatic carbocycles. The zero-order valence-electron chi connectivity index (χ0n) is 13.9. The molecule has 1 unspecified atom stereocenters. The van der Waals surface area contributed by atoms with E-state index in [0.29, 0.717) is 6.04 Å². The normalized spacial score (nSPS) is 32.0. The molecule has 118 valence electrons. The van der Waals surface area contributed by atoms with Crippen LogP contribution >= 0.6 is 11.8 Å². The van der Waals surface area contributed by atoms with Gasteiger partial charge < -0.3 is 9.67 Å². The van der Waals surface area contributed by atoms with Gasteiger partial charge >= 0.3 is 0 Å². The third-order valence-corrected chi connectivity index (χ3v) is 6.60.